The highest BCUT2D eigenvalue weighted by Gasteiger charge is 2.54. The quantitative estimate of drug-likeness (QED) is 0.215. The molecule has 44 heavy (non-hydrogen) atoms. The highest BCUT2D eigenvalue weighted by molar-refractivity contribution is 7.62. The largest absolute Gasteiger partial charge is 0.778 e. The molecule has 0 aliphatic carbocycles. The number of amides is 2. The first-order valence-corrected chi connectivity index (χ1v) is 16.5. The summed E-state index contributed by atoms with van der Waals surface area (Å²) in [6, 6.07) is 8.84. The van der Waals surface area contributed by atoms with Crippen molar-refractivity contribution in [3.63, 3.8) is 0 Å². The number of anilines is 1. The van der Waals surface area contributed by atoms with Crippen LogP contribution in [0.4, 0.5) is 10.6 Å². The number of hydrogen-bond donors (Lipinski definition) is 3. The number of benzene rings is 1. The van der Waals surface area contributed by atoms with Gasteiger partial charge in [0.25, 0.3) is 7.82 Å². The van der Waals surface area contributed by atoms with Crippen LogP contribution in [0.15, 0.2) is 43.0 Å². The Labute approximate surface area is 249 Å². The van der Waals surface area contributed by atoms with E-state index in [-0.39, 0.29) is 17.0 Å². The number of ether oxygens (including phenoxy) is 3. The van der Waals surface area contributed by atoms with Gasteiger partial charge in [-0.25, -0.2) is 19.7 Å². The zero-order chi connectivity index (χ0) is 31.5. The van der Waals surface area contributed by atoms with E-state index in [0.717, 1.165) is 5.56 Å². The number of aromatic nitrogens is 4. The maximum atomic E-state index is 12.4. The van der Waals surface area contributed by atoms with Gasteiger partial charge in [0, 0.05) is 19.1 Å². The third-order valence-corrected chi connectivity index (χ3v) is 9.60. The van der Waals surface area contributed by atoms with Crippen molar-refractivity contribution in [2.24, 2.45) is 0 Å². The summed E-state index contributed by atoms with van der Waals surface area (Å²) in [5.74, 6) is -1.32. The molecule has 0 spiro atoms. The van der Waals surface area contributed by atoms with Crippen molar-refractivity contribution < 1.29 is 56.7 Å². The lowest BCUT2D eigenvalue weighted by molar-refractivity contribution is -0.234. The predicted octanol–water partition coefficient (Wildman–Crippen LogP) is 0.748. The van der Waals surface area contributed by atoms with Gasteiger partial charge in [0.15, 0.2) is 29.5 Å². The molecule has 2 aliphatic rings. The van der Waals surface area contributed by atoms with Crippen LogP contribution in [0.1, 0.15) is 25.1 Å². The van der Waals surface area contributed by atoms with Gasteiger partial charge in [-0.2, -0.15) is 0 Å². The van der Waals surface area contributed by atoms with E-state index in [1.54, 1.807) is 6.92 Å². The minimum atomic E-state index is -5.46. The Bertz CT molecular complexity index is 1590. The second kappa shape index (κ2) is 13.4. The molecule has 1 aromatic carbocycles. The summed E-state index contributed by atoms with van der Waals surface area (Å²) in [4.78, 5) is 59.8. The number of nitrogens with one attached hydrogen (secondary N) is 2. The number of rotatable bonds is 13. The van der Waals surface area contributed by atoms with Gasteiger partial charge in [0.2, 0.25) is 0 Å². The molecule has 3 aromatic rings. The fourth-order valence-electron chi connectivity index (χ4n) is 4.72. The van der Waals surface area contributed by atoms with Gasteiger partial charge in [-0.15, -0.1) is 0 Å². The molecule has 0 bridgehead atoms. The van der Waals surface area contributed by atoms with Crippen molar-refractivity contribution in [1.82, 2.24) is 24.8 Å². The Morgan fingerprint density at radius 2 is 1.84 bits per heavy atom. The molecule has 5 rings (SSSR count). The van der Waals surface area contributed by atoms with Gasteiger partial charge in [-0.3, -0.25) is 23.6 Å². The van der Waals surface area contributed by atoms with Crippen molar-refractivity contribution in [2.45, 2.75) is 50.6 Å². The normalized spacial score (nSPS) is 25.7. The van der Waals surface area contributed by atoms with Crippen LogP contribution in [0.3, 0.4) is 0 Å². The Balaban J connectivity index is 1.36. The lowest BCUT2D eigenvalue weighted by Gasteiger charge is -2.32. The molecule has 2 amide bonds. The number of carboxylic acid groups (broad SMARTS) is 1. The van der Waals surface area contributed by atoms with Gasteiger partial charge in [-0.05, 0) is 12.5 Å². The standard InChI is InChI=1S/C24H30N6O12P2/c1-2-25-24(33)29-21-18-22(27-12-26-21)30(13-28-18)23-20-19(40-17(41-20)10-14-6-4-3-5-7-14)15(39-23)11-38-44(36,37)42-43(34,35)9-8-16(31)32/h3-7,12-13,15,17,19-20,23H,2,8-11H2,1H3,(H,31,32)(H,34,35)(H,36,37)(H2,25,26,27,29,33)/p-2/t15-,17?,19?,20+,23-/m1/s1. The van der Waals surface area contributed by atoms with E-state index in [9.17, 15) is 28.5 Å². The highest BCUT2D eigenvalue weighted by atomic mass is 31.3. The SMILES string of the molecule is CCNC(=O)Nc1ncnc2c1ncn2[C@@H]1O[C@H](COP(=O)([O-])OP(=O)([O-])CCC(=O)O)C2OC(Cc3ccccc3)O[C@@H]21. The van der Waals surface area contributed by atoms with Gasteiger partial charge in [-0.1, -0.05) is 30.3 Å². The first-order chi connectivity index (χ1) is 20.9. The first-order valence-electron chi connectivity index (χ1n) is 13.4. The van der Waals surface area contributed by atoms with Crippen molar-refractivity contribution in [3.05, 3.63) is 48.5 Å². The van der Waals surface area contributed by atoms with Gasteiger partial charge < -0.3 is 43.5 Å². The number of urea groups is 1. The lowest BCUT2D eigenvalue weighted by Crippen LogP contribution is -2.32. The van der Waals surface area contributed by atoms with Crippen molar-refractivity contribution in [3.8, 4) is 0 Å². The Hall–Kier alpha value is -3.31. The van der Waals surface area contributed by atoms with Gasteiger partial charge >= 0.3 is 12.0 Å². The number of phosphoric acid groups is 1. The van der Waals surface area contributed by atoms with E-state index in [0.29, 0.717) is 13.0 Å². The fourth-order valence-corrected chi connectivity index (χ4v) is 7.25. The van der Waals surface area contributed by atoms with Gasteiger partial charge in [0.05, 0.1) is 19.4 Å². The minimum Gasteiger partial charge on any atom is -0.778 e. The number of fused-ring (bicyclic) bond motifs is 2. The lowest BCUT2D eigenvalue weighted by atomic mass is 10.1. The molecule has 0 saturated carbocycles. The van der Waals surface area contributed by atoms with E-state index in [2.05, 4.69) is 29.9 Å². The molecule has 18 nitrogen and oxygen atoms in total. The van der Waals surface area contributed by atoms with E-state index in [1.807, 2.05) is 30.3 Å². The number of carbonyl (C=O) groups is 2. The summed E-state index contributed by atoms with van der Waals surface area (Å²) in [6.07, 6.45) is -3.47. The zero-order valence-corrected chi connectivity index (χ0v) is 24.9. The van der Waals surface area contributed by atoms with Crippen molar-refractivity contribution >= 4 is 44.4 Å². The van der Waals surface area contributed by atoms with Crippen LogP contribution >= 0.6 is 15.4 Å². The second-order valence-corrected chi connectivity index (χ2v) is 13.2. The van der Waals surface area contributed by atoms with Crippen LogP contribution in [0.5, 0.6) is 0 Å². The number of carbonyl (C=O) groups excluding carboxylic acids is 1. The van der Waals surface area contributed by atoms with Crippen LogP contribution in [0, 0.1) is 0 Å². The number of phosphoric ester groups is 1. The Morgan fingerprint density at radius 1 is 1.09 bits per heavy atom. The monoisotopic (exact) mass is 654 g/mol. The average Bonchev–Trinajstić information content (AvgIpc) is 3.65. The van der Waals surface area contributed by atoms with Crippen LogP contribution < -0.4 is 20.4 Å². The maximum Gasteiger partial charge on any atom is 0.320 e. The Morgan fingerprint density at radius 3 is 2.57 bits per heavy atom. The van der Waals surface area contributed by atoms with Crippen LogP contribution in [0.2, 0.25) is 0 Å². The second-order valence-electron chi connectivity index (χ2n) is 9.72. The average molecular weight is 654 g/mol. The van der Waals surface area contributed by atoms with Gasteiger partial charge in [0.1, 0.15) is 32.2 Å². The molecule has 2 fully saturated rings. The summed E-state index contributed by atoms with van der Waals surface area (Å²) in [6.45, 7) is 1.42. The summed E-state index contributed by atoms with van der Waals surface area (Å²) in [5, 5.41) is 13.9. The molecule has 2 saturated heterocycles. The van der Waals surface area contributed by atoms with Crippen LogP contribution in [-0.4, -0.2) is 80.5 Å². The number of imidazole rings is 1. The molecule has 20 heteroatoms. The summed E-state index contributed by atoms with van der Waals surface area (Å²) in [5.41, 5.74) is 1.41. The number of hydrogen-bond acceptors (Lipinski definition) is 14. The molecule has 3 N–H and O–H groups in total. The van der Waals surface area contributed by atoms with Crippen molar-refractivity contribution in [2.75, 3.05) is 24.6 Å². The molecular weight excluding hydrogens is 626 g/mol. The van der Waals surface area contributed by atoms with Crippen LogP contribution in [0.25, 0.3) is 11.2 Å². The smallest absolute Gasteiger partial charge is 0.320 e. The number of aliphatic carboxylic acids is 1. The number of nitrogens with zero attached hydrogens (tertiary/aromatic N) is 4. The molecule has 238 valence electrons. The third kappa shape index (κ3) is 7.66. The molecule has 4 heterocycles. The topological polar surface area (TPSA) is 248 Å². The first kappa shape index (κ1) is 32.1. The highest BCUT2D eigenvalue weighted by Crippen LogP contribution is 2.55. The maximum absolute atomic E-state index is 12.4. The Kier molecular flexibility index (Phi) is 9.74. The van der Waals surface area contributed by atoms with Crippen LogP contribution in [-0.2, 0) is 43.4 Å². The summed E-state index contributed by atoms with van der Waals surface area (Å²) < 4.78 is 53.3. The molecular formula is C24H28N6O12P2-2. The molecule has 2 aromatic heterocycles. The van der Waals surface area contributed by atoms with E-state index < -0.39 is 77.4 Å². The molecule has 2 aliphatic heterocycles. The summed E-state index contributed by atoms with van der Waals surface area (Å²) in [7, 11) is -10.5. The summed E-state index contributed by atoms with van der Waals surface area (Å²) >= 11 is 0. The van der Waals surface area contributed by atoms with E-state index >= 15 is 0 Å². The molecule has 0 radical (unpaired) electrons. The van der Waals surface area contributed by atoms with Crippen molar-refractivity contribution in [1.29, 1.82) is 0 Å². The predicted molar refractivity (Wildman–Crippen MR) is 145 cm³/mol. The fraction of sp³-hybridized carbons (Fsp3) is 0.458. The third-order valence-electron chi connectivity index (χ3n) is 6.57. The molecule has 4 unspecified atom stereocenters. The van der Waals surface area contributed by atoms with E-state index in [4.69, 9.17) is 23.8 Å². The zero-order valence-electron chi connectivity index (χ0n) is 23.1. The van der Waals surface area contributed by atoms with E-state index in [1.165, 1.54) is 17.2 Å². The number of carboxylic acids is 1. The molecule has 7 atom stereocenters. The minimum absolute atomic E-state index is 0.133.